The fourth-order valence-corrected chi connectivity index (χ4v) is 1.87. The molecule has 1 aromatic carbocycles. The minimum absolute atomic E-state index is 0.179. The van der Waals surface area contributed by atoms with E-state index in [1.807, 2.05) is 0 Å². The number of halogens is 3. The zero-order chi connectivity index (χ0) is 12.6. The number of aromatic nitrogens is 2. The summed E-state index contributed by atoms with van der Waals surface area (Å²) in [6, 6.07) is 4.88. The first kappa shape index (κ1) is 12.1. The molecule has 1 aromatic heterocycles. The van der Waals surface area contributed by atoms with Crippen molar-refractivity contribution >= 4 is 29.0 Å². The van der Waals surface area contributed by atoms with Crippen molar-refractivity contribution in [2.24, 2.45) is 0 Å². The SMILES string of the molecule is Cc1nc(-c2ccc(Cl)cc2Cl)nc(N)c1F. The van der Waals surface area contributed by atoms with Gasteiger partial charge in [-0.3, -0.25) is 0 Å². The summed E-state index contributed by atoms with van der Waals surface area (Å²) in [6.07, 6.45) is 0. The normalized spacial score (nSPS) is 10.6. The van der Waals surface area contributed by atoms with Gasteiger partial charge in [0.25, 0.3) is 0 Å². The average molecular weight is 272 g/mol. The van der Waals surface area contributed by atoms with E-state index in [1.165, 1.54) is 6.92 Å². The van der Waals surface area contributed by atoms with Crippen LogP contribution in [0.25, 0.3) is 11.4 Å². The molecule has 88 valence electrons. The number of anilines is 1. The molecule has 3 nitrogen and oxygen atoms in total. The van der Waals surface area contributed by atoms with E-state index in [0.29, 0.717) is 15.6 Å². The molecule has 2 N–H and O–H groups in total. The summed E-state index contributed by atoms with van der Waals surface area (Å²) in [5.74, 6) is -0.527. The molecule has 0 radical (unpaired) electrons. The van der Waals surface area contributed by atoms with Gasteiger partial charge in [-0.25, -0.2) is 14.4 Å². The molecule has 0 aliphatic carbocycles. The lowest BCUT2D eigenvalue weighted by atomic mass is 10.2. The van der Waals surface area contributed by atoms with Crippen LogP contribution in [-0.2, 0) is 0 Å². The second-order valence-corrected chi connectivity index (χ2v) is 4.30. The molecule has 2 aromatic rings. The highest BCUT2D eigenvalue weighted by Crippen LogP contribution is 2.29. The molecule has 0 amide bonds. The molecule has 0 aliphatic heterocycles. The van der Waals surface area contributed by atoms with Crippen molar-refractivity contribution in [3.8, 4) is 11.4 Å². The monoisotopic (exact) mass is 271 g/mol. The fourth-order valence-electron chi connectivity index (χ4n) is 1.37. The number of hydrogen-bond acceptors (Lipinski definition) is 3. The Morgan fingerprint density at radius 1 is 1.24 bits per heavy atom. The fraction of sp³-hybridized carbons (Fsp3) is 0.0909. The Hall–Kier alpha value is -1.39. The number of hydrogen-bond donors (Lipinski definition) is 1. The Morgan fingerprint density at radius 3 is 2.53 bits per heavy atom. The van der Waals surface area contributed by atoms with Crippen LogP contribution in [0.15, 0.2) is 18.2 Å². The van der Waals surface area contributed by atoms with Crippen molar-refractivity contribution in [2.75, 3.05) is 5.73 Å². The van der Waals surface area contributed by atoms with Crippen molar-refractivity contribution in [3.05, 3.63) is 39.8 Å². The molecule has 0 bridgehead atoms. The van der Waals surface area contributed by atoms with Crippen molar-refractivity contribution in [1.82, 2.24) is 9.97 Å². The van der Waals surface area contributed by atoms with E-state index in [-0.39, 0.29) is 17.3 Å². The van der Waals surface area contributed by atoms with Crippen LogP contribution in [0.2, 0.25) is 10.0 Å². The molecule has 17 heavy (non-hydrogen) atoms. The van der Waals surface area contributed by atoms with Crippen LogP contribution in [0.1, 0.15) is 5.69 Å². The van der Waals surface area contributed by atoms with Crippen LogP contribution >= 0.6 is 23.2 Å². The molecular formula is C11H8Cl2FN3. The number of benzene rings is 1. The van der Waals surface area contributed by atoms with Crippen molar-refractivity contribution in [2.45, 2.75) is 6.92 Å². The lowest BCUT2D eigenvalue weighted by Gasteiger charge is -2.06. The van der Waals surface area contributed by atoms with Crippen molar-refractivity contribution in [1.29, 1.82) is 0 Å². The first-order chi connectivity index (χ1) is 7.99. The standard InChI is InChI=1S/C11H8Cl2FN3/c1-5-9(14)10(15)17-11(16-5)7-3-2-6(12)4-8(7)13/h2-4H,1H3,(H2,15,16,17). The van der Waals surface area contributed by atoms with Gasteiger partial charge in [-0.1, -0.05) is 23.2 Å². The van der Waals surface area contributed by atoms with Crippen molar-refractivity contribution in [3.63, 3.8) is 0 Å². The highest BCUT2D eigenvalue weighted by atomic mass is 35.5. The maximum absolute atomic E-state index is 13.3. The molecule has 0 spiro atoms. The van der Waals surface area contributed by atoms with Crippen molar-refractivity contribution < 1.29 is 4.39 Å². The highest BCUT2D eigenvalue weighted by Gasteiger charge is 2.12. The lowest BCUT2D eigenvalue weighted by Crippen LogP contribution is -2.03. The van der Waals surface area contributed by atoms with Gasteiger partial charge < -0.3 is 5.73 Å². The minimum atomic E-state index is -0.612. The molecule has 0 unspecified atom stereocenters. The van der Waals surface area contributed by atoms with E-state index in [2.05, 4.69) is 9.97 Å². The largest absolute Gasteiger partial charge is 0.381 e. The number of nitrogen functional groups attached to an aromatic ring is 1. The minimum Gasteiger partial charge on any atom is -0.381 e. The molecule has 1 heterocycles. The quantitative estimate of drug-likeness (QED) is 0.864. The molecule has 0 aliphatic rings. The van der Waals surface area contributed by atoms with E-state index in [9.17, 15) is 4.39 Å². The Bertz CT molecular complexity index is 564. The smallest absolute Gasteiger partial charge is 0.186 e. The third kappa shape index (κ3) is 2.33. The summed E-state index contributed by atoms with van der Waals surface area (Å²) in [6.45, 7) is 1.51. The van der Waals surface area contributed by atoms with Gasteiger partial charge in [0.15, 0.2) is 17.5 Å². The third-order valence-electron chi connectivity index (χ3n) is 2.21. The molecule has 2 rings (SSSR count). The Labute approximate surface area is 107 Å². The maximum Gasteiger partial charge on any atom is 0.186 e. The predicted octanol–water partition coefficient (Wildman–Crippen LogP) is 3.48. The molecule has 0 atom stereocenters. The zero-order valence-electron chi connectivity index (χ0n) is 8.84. The van der Waals surface area contributed by atoms with E-state index >= 15 is 0 Å². The number of nitrogens with zero attached hydrogens (tertiary/aromatic N) is 2. The Morgan fingerprint density at radius 2 is 1.94 bits per heavy atom. The second kappa shape index (κ2) is 4.47. The number of rotatable bonds is 1. The summed E-state index contributed by atoms with van der Waals surface area (Å²) < 4.78 is 13.3. The summed E-state index contributed by atoms with van der Waals surface area (Å²) in [5, 5.41) is 0.897. The maximum atomic E-state index is 13.3. The molecule has 0 saturated carbocycles. The Balaban J connectivity index is 2.61. The summed E-state index contributed by atoms with van der Waals surface area (Å²) in [7, 11) is 0. The van der Waals surface area contributed by atoms with E-state index in [4.69, 9.17) is 28.9 Å². The van der Waals surface area contributed by atoms with Crippen LogP contribution in [0, 0.1) is 12.7 Å². The van der Waals surface area contributed by atoms with Crippen LogP contribution in [0.4, 0.5) is 10.2 Å². The molecule has 6 heteroatoms. The van der Waals surface area contributed by atoms with Gasteiger partial charge in [0.05, 0.1) is 10.7 Å². The first-order valence-electron chi connectivity index (χ1n) is 4.74. The summed E-state index contributed by atoms with van der Waals surface area (Å²) >= 11 is 11.8. The summed E-state index contributed by atoms with van der Waals surface area (Å²) in [4.78, 5) is 7.86. The van der Waals surface area contributed by atoms with Crippen LogP contribution in [0.3, 0.4) is 0 Å². The van der Waals surface area contributed by atoms with Gasteiger partial charge in [-0.2, -0.15) is 0 Å². The highest BCUT2D eigenvalue weighted by molar-refractivity contribution is 6.36. The zero-order valence-corrected chi connectivity index (χ0v) is 10.3. The first-order valence-corrected chi connectivity index (χ1v) is 5.49. The van der Waals surface area contributed by atoms with Gasteiger partial charge >= 0.3 is 0 Å². The number of aryl methyl sites for hydroxylation is 1. The van der Waals surface area contributed by atoms with Crippen LogP contribution < -0.4 is 5.73 Å². The van der Waals surface area contributed by atoms with Crippen LogP contribution in [-0.4, -0.2) is 9.97 Å². The summed E-state index contributed by atoms with van der Waals surface area (Å²) in [5.41, 5.74) is 6.18. The van der Waals surface area contributed by atoms with Gasteiger partial charge in [0, 0.05) is 10.6 Å². The van der Waals surface area contributed by atoms with Gasteiger partial charge in [-0.05, 0) is 25.1 Å². The molecule has 0 fully saturated rings. The second-order valence-electron chi connectivity index (χ2n) is 3.46. The van der Waals surface area contributed by atoms with E-state index in [0.717, 1.165) is 0 Å². The lowest BCUT2D eigenvalue weighted by molar-refractivity contribution is 0.608. The number of nitrogens with two attached hydrogens (primary N) is 1. The van der Waals surface area contributed by atoms with Gasteiger partial charge in [0.1, 0.15) is 0 Å². The molecular weight excluding hydrogens is 264 g/mol. The Kier molecular flexibility index (Phi) is 3.17. The topological polar surface area (TPSA) is 51.8 Å². The third-order valence-corrected chi connectivity index (χ3v) is 2.76. The predicted molar refractivity (Wildman–Crippen MR) is 66.6 cm³/mol. The van der Waals surface area contributed by atoms with E-state index < -0.39 is 5.82 Å². The molecule has 0 saturated heterocycles. The van der Waals surface area contributed by atoms with E-state index in [1.54, 1.807) is 18.2 Å². The van der Waals surface area contributed by atoms with Gasteiger partial charge in [-0.15, -0.1) is 0 Å². The average Bonchev–Trinajstić information content (AvgIpc) is 2.25. The van der Waals surface area contributed by atoms with Gasteiger partial charge in [0.2, 0.25) is 0 Å². The van der Waals surface area contributed by atoms with Crippen LogP contribution in [0.5, 0.6) is 0 Å².